The van der Waals surface area contributed by atoms with Crippen LogP contribution in [0.25, 0.3) is 11.5 Å². The first-order valence-corrected chi connectivity index (χ1v) is 12.9. The van der Waals surface area contributed by atoms with Crippen molar-refractivity contribution in [2.24, 2.45) is 11.8 Å². The Balaban J connectivity index is 1.08. The summed E-state index contributed by atoms with van der Waals surface area (Å²) in [6, 6.07) is 8.91. The molecule has 3 heterocycles. The number of ether oxygens (including phenoxy) is 1. The van der Waals surface area contributed by atoms with E-state index in [1.807, 2.05) is 18.4 Å². The van der Waals surface area contributed by atoms with Gasteiger partial charge in [-0.3, -0.25) is 4.90 Å². The second-order valence-corrected chi connectivity index (χ2v) is 10.2. The van der Waals surface area contributed by atoms with Gasteiger partial charge in [0.1, 0.15) is 12.0 Å². The maximum Gasteiger partial charge on any atom is 0.226 e. The Morgan fingerprint density at radius 1 is 1.00 bits per heavy atom. The van der Waals surface area contributed by atoms with Gasteiger partial charge in [-0.2, -0.15) is 0 Å². The summed E-state index contributed by atoms with van der Waals surface area (Å²) in [5.74, 6) is 3.50. The molecule has 2 saturated heterocycles. The minimum Gasteiger partial charge on any atom is -0.494 e. The molecule has 5 rings (SSSR count). The van der Waals surface area contributed by atoms with Crippen LogP contribution >= 0.6 is 0 Å². The van der Waals surface area contributed by atoms with Gasteiger partial charge in [0.25, 0.3) is 0 Å². The van der Waals surface area contributed by atoms with Gasteiger partial charge in [0.2, 0.25) is 5.89 Å². The standard InChI is InChI=1S/C27H39N3O2/c1-21-6-4-14-30(21)15-5-17-31-26-11-9-23(10-12-26)27-28-25(20-32-27)19-29-16-13-22-7-2-3-8-24(22)18-29/h9-12,20-22,24H,2-8,13-19H2,1H3/t21?,22-,24-/m1/s1. The van der Waals surface area contributed by atoms with Crippen LogP contribution in [0.3, 0.4) is 0 Å². The molecule has 1 unspecified atom stereocenters. The lowest BCUT2D eigenvalue weighted by atomic mass is 9.75. The van der Waals surface area contributed by atoms with Crippen LogP contribution in [0.5, 0.6) is 5.75 Å². The zero-order chi connectivity index (χ0) is 21.8. The number of nitrogens with zero attached hydrogens (tertiary/aromatic N) is 3. The van der Waals surface area contributed by atoms with Crippen LogP contribution in [0.1, 0.15) is 64.0 Å². The maximum atomic E-state index is 5.96. The molecule has 5 nitrogen and oxygen atoms in total. The van der Waals surface area contributed by atoms with E-state index in [2.05, 4.69) is 28.9 Å². The lowest BCUT2D eigenvalue weighted by Crippen LogP contribution is -2.41. The Morgan fingerprint density at radius 2 is 1.84 bits per heavy atom. The summed E-state index contributed by atoms with van der Waals surface area (Å²) in [6.45, 7) is 8.82. The summed E-state index contributed by atoms with van der Waals surface area (Å²) in [7, 11) is 0. The summed E-state index contributed by atoms with van der Waals surface area (Å²) in [5, 5.41) is 0. The first-order valence-electron chi connectivity index (χ1n) is 12.9. The van der Waals surface area contributed by atoms with E-state index in [0.29, 0.717) is 5.89 Å². The molecular weight excluding hydrogens is 398 g/mol. The third-order valence-corrected chi connectivity index (χ3v) is 7.96. The number of oxazole rings is 1. The Labute approximate surface area is 193 Å². The molecule has 2 aromatic rings. The quantitative estimate of drug-likeness (QED) is 0.502. The average molecular weight is 438 g/mol. The van der Waals surface area contributed by atoms with Crippen molar-refractivity contribution in [3.63, 3.8) is 0 Å². The normalized spacial score (nSPS) is 26.8. The van der Waals surface area contributed by atoms with Crippen molar-refractivity contribution in [3.05, 3.63) is 36.2 Å². The number of benzene rings is 1. The Hall–Kier alpha value is -1.85. The van der Waals surface area contributed by atoms with Gasteiger partial charge in [0, 0.05) is 31.2 Å². The smallest absolute Gasteiger partial charge is 0.226 e. The zero-order valence-electron chi connectivity index (χ0n) is 19.7. The van der Waals surface area contributed by atoms with E-state index in [4.69, 9.17) is 14.1 Å². The van der Waals surface area contributed by atoms with Gasteiger partial charge in [0.15, 0.2) is 0 Å². The molecule has 3 fully saturated rings. The van der Waals surface area contributed by atoms with Gasteiger partial charge in [-0.15, -0.1) is 0 Å². The van der Waals surface area contributed by atoms with Crippen LogP contribution < -0.4 is 4.74 Å². The molecule has 5 heteroatoms. The van der Waals surface area contributed by atoms with E-state index >= 15 is 0 Å². The summed E-state index contributed by atoms with van der Waals surface area (Å²) < 4.78 is 11.8. The number of aromatic nitrogens is 1. The molecule has 2 aliphatic heterocycles. The predicted octanol–water partition coefficient (Wildman–Crippen LogP) is 5.61. The predicted molar refractivity (Wildman–Crippen MR) is 128 cm³/mol. The highest BCUT2D eigenvalue weighted by molar-refractivity contribution is 5.54. The molecule has 32 heavy (non-hydrogen) atoms. The molecule has 1 aliphatic carbocycles. The van der Waals surface area contributed by atoms with E-state index in [9.17, 15) is 0 Å². The van der Waals surface area contributed by atoms with Gasteiger partial charge in [-0.25, -0.2) is 4.98 Å². The van der Waals surface area contributed by atoms with Gasteiger partial charge < -0.3 is 14.1 Å². The molecule has 3 aliphatic rings. The summed E-state index contributed by atoms with van der Waals surface area (Å²) >= 11 is 0. The topological polar surface area (TPSA) is 41.7 Å². The van der Waals surface area contributed by atoms with E-state index in [1.165, 1.54) is 64.6 Å². The molecule has 1 aromatic carbocycles. The van der Waals surface area contributed by atoms with Gasteiger partial charge in [-0.05, 0) is 88.2 Å². The van der Waals surface area contributed by atoms with Gasteiger partial charge in [-0.1, -0.05) is 19.3 Å². The summed E-state index contributed by atoms with van der Waals surface area (Å²) in [6.07, 6.45) is 12.7. The number of hydrogen-bond donors (Lipinski definition) is 0. The molecule has 0 radical (unpaired) electrons. The molecule has 0 amide bonds. The Bertz CT molecular complexity index is 849. The van der Waals surface area contributed by atoms with E-state index in [0.717, 1.165) is 61.0 Å². The minimum atomic E-state index is 0.710. The number of rotatable bonds is 8. The molecule has 174 valence electrons. The van der Waals surface area contributed by atoms with E-state index in [1.54, 1.807) is 0 Å². The fourth-order valence-corrected chi connectivity index (χ4v) is 6.04. The second kappa shape index (κ2) is 10.4. The van der Waals surface area contributed by atoms with Crippen molar-refractivity contribution >= 4 is 0 Å². The van der Waals surface area contributed by atoms with Crippen molar-refractivity contribution in [2.45, 2.75) is 70.9 Å². The SMILES string of the molecule is CC1CCCN1CCCOc1ccc(-c2nc(CN3CC[C@H]4CCCC[C@@H]4C3)co2)cc1. The second-order valence-electron chi connectivity index (χ2n) is 10.2. The molecule has 0 spiro atoms. The number of piperidine rings is 1. The van der Waals surface area contributed by atoms with Crippen LogP contribution in [-0.4, -0.2) is 53.6 Å². The zero-order valence-corrected chi connectivity index (χ0v) is 19.7. The van der Waals surface area contributed by atoms with E-state index < -0.39 is 0 Å². The third kappa shape index (κ3) is 5.37. The van der Waals surface area contributed by atoms with Crippen LogP contribution in [-0.2, 0) is 6.54 Å². The first-order chi connectivity index (χ1) is 15.7. The highest BCUT2D eigenvalue weighted by Crippen LogP contribution is 2.36. The fraction of sp³-hybridized carbons (Fsp3) is 0.667. The monoisotopic (exact) mass is 437 g/mol. The highest BCUT2D eigenvalue weighted by Gasteiger charge is 2.31. The van der Waals surface area contributed by atoms with Crippen LogP contribution in [0.15, 0.2) is 34.9 Å². The molecule has 0 N–H and O–H groups in total. The van der Waals surface area contributed by atoms with Gasteiger partial charge >= 0.3 is 0 Å². The molecular formula is C27H39N3O2. The first kappa shape index (κ1) is 22.0. The highest BCUT2D eigenvalue weighted by atomic mass is 16.5. The van der Waals surface area contributed by atoms with Crippen molar-refractivity contribution in [1.29, 1.82) is 0 Å². The molecule has 3 atom stereocenters. The fourth-order valence-electron chi connectivity index (χ4n) is 6.04. The van der Waals surface area contributed by atoms with E-state index in [-0.39, 0.29) is 0 Å². The molecule has 1 saturated carbocycles. The summed E-state index contributed by atoms with van der Waals surface area (Å²) in [4.78, 5) is 9.93. The van der Waals surface area contributed by atoms with Crippen LogP contribution in [0.4, 0.5) is 0 Å². The van der Waals surface area contributed by atoms with Crippen molar-refractivity contribution in [2.75, 3.05) is 32.8 Å². The molecule has 1 aromatic heterocycles. The largest absolute Gasteiger partial charge is 0.494 e. The summed E-state index contributed by atoms with van der Waals surface area (Å²) in [5.41, 5.74) is 2.06. The lowest BCUT2D eigenvalue weighted by molar-refractivity contribution is 0.0812. The maximum absolute atomic E-state index is 5.96. The van der Waals surface area contributed by atoms with Crippen molar-refractivity contribution in [3.8, 4) is 17.2 Å². The number of hydrogen-bond acceptors (Lipinski definition) is 5. The Kier molecular flexibility index (Phi) is 7.13. The average Bonchev–Trinajstić information content (AvgIpc) is 3.46. The van der Waals surface area contributed by atoms with Gasteiger partial charge in [0.05, 0.1) is 12.3 Å². The van der Waals surface area contributed by atoms with Crippen molar-refractivity contribution in [1.82, 2.24) is 14.8 Å². The number of fused-ring (bicyclic) bond motifs is 1. The Morgan fingerprint density at radius 3 is 2.66 bits per heavy atom. The third-order valence-electron chi connectivity index (χ3n) is 7.96. The number of likely N-dealkylation sites (tertiary alicyclic amines) is 2. The lowest BCUT2D eigenvalue weighted by Gasteiger charge is -2.41. The minimum absolute atomic E-state index is 0.710. The van der Waals surface area contributed by atoms with Crippen LogP contribution in [0.2, 0.25) is 0 Å². The van der Waals surface area contributed by atoms with Crippen LogP contribution in [0, 0.1) is 11.8 Å². The van der Waals surface area contributed by atoms with Crippen molar-refractivity contribution < 1.29 is 9.15 Å². The molecule has 0 bridgehead atoms.